The molecule has 1 aliphatic rings. The van der Waals surface area contributed by atoms with Crippen LogP contribution in [0.1, 0.15) is 44.4 Å². The van der Waals surface area contributed by atoms with E-state index >= 15 is 0 Å². The summed E-state index contributed by atoms with van der Waals surface area (Å²) in [5.74, 6) is 1.70. The number of pyridine rings is 1. The van der Waals surface area contributed by atoms with Gasteiger partial charge in [0.25, 0.3) is 0 Å². The minimum absolute atomic E-state index is 0.675. The minimum atomic E-state index is 0.675. The maximum absolute atomic E-state index is 4.44. The number of aromatic nitrogens is 1. The molecule has 0 aromatic carbocycles. The predicted octanol–water partition coefficient (Wildman–Crippen LogP) is 3.30. The van der Waals surface area contributed by atoms with E-state index in [1.54, 1.807) is 0 Å². The molecule has 1 fully saturated rings. The van der Waals surface area contributed by atoms with Crippen molar-refractivity contribution in [2.45, 2.75) is 52.6 Å². The zero-order valence-electron chi connectivity index (χ0n) is 11.2. The van der Waals surface area contributed by atoms with Gasteiger partial charge in [0, 0.05) is 18.8 Å². The Morgan fingerprint density at radius 3 is 2.76 bits per heavy atom. The maximum Gasteiger partial charge on any atom is 0.0541 e. The summed E-state index contributed by atoms with van der Waals surface area (Å²) in [6, 6.07) is 4.93. The number of hydrogen-bond acceptors (Lipinski definition) is 2. The van der Waals surface area contributed by atoms with Gasteiger partial charge < -0.3 is 5.32 Å². The highest BCUT2D eigenvalue weighted by Crippen LogP contribution is 2.28. The van der Waals surface area contributed by atoms with E-state index in [4.69, 9.17) is 0 Å². The molecule has 2 nitrogen and oxygen atoms in total. The van der Waals surface area contributed by atoms with Crippen LogP contribution in [0, 0.1) is 18.8 Å². The predicted molar refractivity (Wildman–Crippen MR) is 71.8 cm³/mol. The van der Waals surface area contributed by atoms with Crippen LogP contribution in [0.25, 0.3) is 0 Å². The Balaban J connectivity index is 1.83. The highest BCUT2D eigenvalue weighted by molar-refractivity contribution is 5.12. The summed E-state index contributed by atoms with van der Waals surface area (Å²) in [5, 5.41) is 3.67. The summed E-state index contributed by atoms with van der Waals surface area (Å²) in [6.07, 6.45) is 5.99. The van der Waals surface area contributed by atoms with Crippen LogP contribution in [-0.2, 0) is 6.54 Å². The van der Waals surface area contributed by atoms with Crippen molar-refractivity contribution in [1.29, 1.82) is 0 Å². The van der Waals surface area contributed by atoms with Gasteiger partial charge in [-0.25, -0.2) is 0 Å². The lowest BCUT2D eigenvalue weighted by molar-refractivity contribution is 0.226. The first-order valence-electron chi connectivity index (χ1n) is 6.80. The molecular formula is C15H24N2. The molecule has 1 aromatic heterocycles. The van der Waals surface area contributed by atoms with Crippen molar-refractivity contribution in [3.63, 3.8) is 0 Å². The normalized spacial score (nSPS) is 29.2. The van der Waals surface area contributed by atoms with Crippen LogP contribution in [0.15, 0.2) is 18.3 Å². The van der Waals surface area contributed by atoms with E-state index < -0.39 is 0 Å². The van der Waals surface area contributed by atoms with E-state index in [2.05, 4.69) is 43.2 Å². The van der Waals surface area contributed by atoms with Gasteiger partial charge in [-0.15, -0.1) is 0 Å². The number of nitrogens with zero attached hydrogens (tertiary/aromatic N) is 1. The maximum atomic E-state index is 4.44. The molecule has 3 unspecified atom stereocenters. The summed E-state index contributed by atoms with van der Waals surface area (Å²) in [4.78, 5) is 4.44. The van der Waals surface area contributed by atoms with Crippen molar-refractivity contribution in [1.82, 2.24) is 10.3 Å². The lowest BCUT2D eigenvalue weighted by Crippen LogP contribution is -2.38. The third-order valence-corrected chi connectivity index (χ3v) is 3.95. The van der Waals surface area contributed by atoms with Gasteiger partial charge in [-0.2, -0.15) is 0 Å². The molecular weight excluding hydrogens is 208 g/mol. The molecule has 17 heavy (non-hydrogen) atoms. The van der Waals surface area contributed by atoms with Crippen LogP contribution in [0.2, 0.25) is 0 Å². The van der Waals surface area contributed by atoms with Gasteiger partial charge in [-0.3, -0.25) is 4.98 Å². The molecule has 1 aromatic rings. The second kappa shape index (κ2) is 5.63. The Morgan fingerprint density at radius 2 is 2.12 bits per heavy atom. The molecule has 1 heterocycles. The first-order chi connectivity index (χ1) is 8.15. The van der Waals surface area contributed by atoms with Gasteiger partial charge in [0.1, 0.15) is 0 Å². The zero-order chi connectivity index (χ0) is 12.3. The van der Waals surface area contributed by atoms with Crippen molar-refractivity contribution in [2.75, 3.05) is 0 Å². The topological polar surface area (TPSA) is 24.9 Å². The van der Waals surface area contributed by atoms with Gasteiger partial charge in [-0.05, 0) is 49.7 Å². The fourth-order valence-corrected chi connectivity index (χ4v) is 2.81. The van der Waals surface area contributed by atoms with Crippen LogP contribution < -0.4 is 5.32 Å². The van der Waals surface area contributed by atoms with E-state index in [9.17, 15) is 0 Å². The molecule has 1 aliphatic carbocycles. The standard InChI is InChI=1S/C15H24N2/c1-11-5-7-15(13(3)8-11)17-10-14-6-4-12(2)9-16-14/h4,6,9,11,13,15,17H,5,7-8,10H2,1-3H3. The third kappa shape index (κ3) is 3.53. The number of nitrogens with one attached hydrogen (secondary N) is 1. The molecule has 0 bridgehead atoms. The van der Waals surface area contributed by atoms with Crippen LogP contribution in [-0.4, -0.2) is 11.0 Å². The monoisotopic (exact) mass is 232 g/mol. The molecule has 0 spiro atoms. The lowest BCUT2D eigenvalue weighted by Gasteiger charge is -2.33. The lowest BCUT2D eigenvalue weighted by atomic mass is 9.80. The molecule has 3 atom stereocenters. The number of rotatable bonds is 3. The molecule has 0 amide bonds. The fourth-order valence-electron chi connectivity index (χ4n) is 2.81. The highest BCUT2D eigenvalue weighted by atomic mass is 14.9. The Kier molecular flexibility index (Phi) is 4.16. The molecule has 1 saturated carbocycles. The first kappa shape index (κ1) is 12.6. The summed E-state index contributed by atoms with van der Waals surface area (Å²) < 4.78 is 0. The van der Waals surface area contributed by atoms with E-state index in [0.29, 0.717) is 6.04 Å². The summed E-state index contributed by atoms with van der Waals surface area (Å²) >= 11 is 0. The third-order valence-electron chi connectivity index (χ3n) is 3.95. The van der Waals surface area contributed by atoms with Crippen molar-refractivity contribution in [3.05, 3.63) is 29.6 Å². The average molecular weight is 232 g/mol. The molecule has 0 aliphatic heterocycles. The summed E-state index contributed by atoms with van der Waals surface area (Å²) in [7, 11) is 0. The quantitative estimate of drug-likeness (QED) is 0.865. The van der Waals surface area contributed by atoms with Gasteiger partial charge in [0.2, 0.25) is 0 Å². The number of aryl methyl sites for hydroxylation is 1. The second-order valence-electron chi connectivity index (χ2n) is 5.71. The molecule has 2 heteroatoms. The summed E-state index contributed by atoms with van der Waals surface area (Å²) in [5.41, 5.74) is 2.38. The van der Waals surface area contributed by atoms with E-state index in [0.717, 1.165) is 24.1 Å². The van der Waals surface area contributed by atoms with Crippen molar-refractivity contribution in [3.8, 4) is 0 Å². The van der Waals surface area contributed by atoms with Crippen LogP contribution >= 0.6 is 0 Å². The van der Waals surface area contributed by atoms with E-state index in [1.165, 1.54) is 24.8 Å². The smallest absolute Gasteiger partial charge is 0.0541 e. The van der Waals surface area contributed by atoms with E-state index in [1.807, 2.05) is 6.20 Å². The molecule has 0 saturated heterocycles. The van der Waals surface area contributed by atoms with Gasteiger partial charge in [0.15, 0.2) is 0 Å². The van der Waals surface area contributed by atoms with Crippen molar-refractivity contribution < 1.29 is 0 Å². The van der Waals surface area contributed by atoms with Gasteiger partial charge in [-0.1, -0.05) is 19.9 Å². The Morgan fingerprint density at radius 1 is 1.29 bits per heavy atom. The molecule has 94 valence electrons. The minimum Gasteiger partial charge on any atom is -0.308 e. The van der Waals surface area contributed by atoms with E-state index in [-0.39, 0.29) is 0 Å². The van der Waals surface area contributed by atoms with Crippen LogP contribution in [0.3, 0.4) is 0 Å². The molecule has 2 rings (SSSR count). The molecule has 1 N–H and O–H groups in total. The zero-order valence-corrected chi connectivity index (χ0v) is 11.2. The van der Waals surface area contributed by atoms with Crippen LogP contribution in [0.5, 0.6) is 0 Å². The van der Waals surface area contributed by atoms with Crippen molar-refractivity contribution in [2.24, 2.45) is 11.8 Å². The Hall–Kier alpha value is -0.890. The largest absolute Gasteiger partial charge is 0.308 e. The highest BCUT2D eigenvalue weighted by Gasteiger charge is 2.24. The fraction of sp³-hybridized carbons (Fsp3) is 0.667. The van der Waals surface area contributed by atoms with Crippen molar-refractivity contribution >= 4 is 0 Å². The average Bonchev–Trinajstić information content (AvgIpc) is 2.30. The SMILES string of the molecule is Cc1ccc(CNC2CCC(C)CC2C)nc1. The Labute approximate surface area is 105 Å². The Bertz CT molecular complexity index is 344. The number of hydrogen-bond donors (Lipinski definition) is 1. The molecule has 0 radical (unpaired) electrons. The van der Waals surface area contributed by atoms with Crippen LogP contribution in [0.4, 0.5) is 0 Å². The van der Waals surface area contributed by atoms with Gasteiger partial charge in [0.05, 0.1) is 5.69 Å². The van der Waals surface area contributed by atoms with Gasteiger partial charge >= 0.3 is 0 Å². The second-order valence-corrected chi connectivity index (χ2v) is 5.71. The summed E-state index contributed by atoms with van der Waals surface area (Å²) in [6.45, 7) is 7.72. The first-order valence-corrected chi connectivity index (χ1v) is 6.80.